The lowest BCUT2D eigenvalue weighted by Gasteiger charge is -2.09. The van der Waals surface area contributed by atoms with Gasteiger partial charge in [-0.25, -0.2) is 0 Å². The van der Waals surface area contributed by atoms with Crippen LogP contribution in [0.1, 0.15) is 12.2 Å². The van der Waals surface area contributed by atoms with Crippen molar-refractivity contribution < 1.29 is 13.9 Å². The van der Waals surface area contributed by atoms with E-state index in [1.165, 1.54) is 0 Å². The molecule has 1 aliphatic heterocycles. The van der Waals surface area contributed by atoms with Gasteiger partial charge in [-0.1, -0.05) is 6.07 Å². The van der Waals surface area contributed by atoms with Crippen molar-refractivity contribution in [2.45, 2.75) is 13.0 Å². The van der Waals surface area contributed by atoms with Crippen molar-refractivity contribution in [2.75, 3.05) is 13.2 Å². The van der Waals surface area contributed by atoms with Crippen molar-refractivity contribution in [2.24, 2.45) is 5.73 Å². The minimum atomic E-state index is 0.386. The van der Waals surface area contributed by atoms with Crippen LogP contribution in [0.25, 0.3) is 11.1 Å². The maximum Gasteiger partial charge on any atom is 0.161 e. The smallest absolute Gasteiger partial charge is 0.161 e. The molecule has 0 fully saturated rings. The molecule has 1 aromatic heterocycles. The highest BCUT2D eigenvalue weighted by molar-refractivity contribution is 5.68. The molecule has 0 saturated carbocycles. The van der Waals surface area contributed by atoms with E-state index in [0.29, 0.717) is 19.8 Å². The molecule has 4 heteroatoms. The van der Waals surface area contributed by atoms with Gasteiger partial charge in [-0.05, 0) is 23.8 Å². The Kier molecular flexibility index (Phi) is 2.94. The van der Waals surface area contributed by atoms with E-state index >= 15 is 0 Å². The van der Waals surface area contributed by atoms with Crippen LogP contribution in [0.5, 0.6) is 11.5 Å². The van der Waals surface area contributed by atoms with Crippen LogP contribution in [-0.4, -0.2) is 13.2 Å². The van der Waals surface area contributed by atoms with Gasteiger partial charge < -0.3 is 19.6 Å². The third-order valence-electron chi connectivity index (χ3n) is 2.99. The standard InChI is InChI=1S/C14H15NO3/c15-9-14-11(4-7-18-14)10-2-3-12-13(8-10)17-6-1-5-16-12/h2-4,7-8H,1,5-6,9,15H2. The lowest BCUT2D eigenvalue weighted by molar-refractivity contribution is 0.297. The Hall–Kier alpha value is -1.94. The van der Waals surface area contributed by atoms with Gasteiger partial charge in [0.05, 0.1) is 26.0 Å². The van der Waals surface area contributed by atoms with Gasteiger partial charge in [-0.3, -0.25) is 0 Å². The lowest BCUT2D eigenvalue weighted by Crippen LogP contribution is -1.97. The van der Waals surface area contributed by atoms with Gasteiger partial charge >= 0.3 is 0 Å². The second kappa shape index (κ2) is 4.74. The summed E-state index contributed by atoms with van der Waals surface area (Å²) in [5, 5.41) is 0. The molecule has 2 aromatic rings. The summed E-state index contributed by atoms with van der Waals surface area (Å²) in [5.74, 6) is 2.37. The zero-order valence-electron chi connectivity index (χ0n) is 10.0. The number of hydrogen-bond donors (Lipinski definition) is 1. The van der Waals surface area contributed by atoms with Crippen molar-refractivity contribution in [3.05, 3.63) is 36.3 Å². The van der Waals surface area contributed by atoms with Crippen molar-refractivity contribution in [1.82, 2.24) is 0 Å². The van der Waals surface area contributed by atoms with Gasteiger partial charge in [-0.15, -0.1) is 0 Å². The van der Waals surface area contributed by atoms with Crippen molar-refractivity contribution >= 4 is 0 Å². The Labute approximate surface area is 105 Å². The van der Waals surface area contributed by atoms with Crippen molar-refractivity contribution in [1.29, 1.82) is 0 Å². The summed E-state index contributed by atoms with van der Waals surface area (Å²) in [5.41, 5.74) is 7.69. The van der Waals surface area contributed by atoms with E-state index in [1.807, 2.05) is 24.3 Å². The molecular weight excluding hydrogens is 230 g/mol. The molecule has 0 unspecified atom stereocenters. The molecule has 0 amide bonds. The fourth-order valence-corrected chi connectivity index (χ4v) is 2.09. The Morgan fingerprint density at radius 1 is 1.06 bits per heavy atom. The van der Waals surface area contributed by atoms with Crippen LogP contribution in [0.15, 0.2) is 34.9 Å². The summed E-state index contributed by atoms with van der Waals surface area (Å²) >= 11 is 0. The maximum atomic E-state index is 5.67. The molecule has 3 rings (SSSR count). The average Bonchev–Trinajstić information content (AvgIpc) is 2.76. The van der Waals surface area contributed by atoms with E-state index < -0.39 is 0 Å². The van der Waals surface area contributed by atoms with Gasteiger partial charge in [0, 0.05) is 12.0 Å². The molecule has 0 bridgehead atoms. The van der Waals surface area contributed by atoms with Crippen LogP contribution in [0.4, 0.5) is 0 Å². The van der Waals surface area contributed by atoms with Crippen LogP contribution < -0.4 is 15.2 Å². The van der Waals surface area contributed by atoms with E-state index in [2.05, 4.69) is 0 Å². The molecule has 0 spiro atoms. The Morgan fingerprint density at radius 3 is 2.72 bits per heavy atom. The van der Waals surface area contributed by atoms with Crippen LogP contribution in [0.2, 0.25) is 0 Å². The minimum Gasteiger partial charge on any atom is -0.490 e. The van der Waals surface area contributed by atoms with E-state index in [-0.39, 0.29) is 0 Å². The molecule has 1 aromatic carbocycles. The minimum absolute atomic E-state index is 0.386. The van der Waals surface area contributed by atoms with Gasteiger partial charge in [0.15, 0.2) is 11.5 Å². The number of hydrogen-bond acceptors (Lipinski definition) is 4. The van der Waals surface area contributed by atoms with Gasteiger partial charge in [0.2, 0.25) is 0 Å². The molecule has 2 N–H and O–H groups in total. The molecule has 0 atom stereocenters. The first-order valence-electron chi connectivity index (χ1n) is 6.05. The average molecular weight is 245 g/mol. The summed E-state index contributed by atoms with van der Waals surface area (Å²) in [6.45, 7) is 1.77. The molecule has 0 radical (unpaired) electrons. The Bertz CT molecular complexity index is 548. The second-order valence-corrected chi connectivity index (χ2v) is 4.17. The van der Waals surface area contributed by atoms with Gasteiger partial charge in [0.25, 0.3) is 0 Å². The molecule has 1 aliphatic rings. The maximum absolute atomic E-state index is 5.67. The largest absolute Gasteiger partial charge is 0.490 e. The van der Waals surface area contributed by atoms with Crippen molar-refractivity contribution in [3.63, 3.8) is 0 Å². The van der Waals surface area contributed by atoms with Gasteiger partial charge in [-0.2, -0.15) is 0 Å². The van der Waals surface area contributed by atoms with E-state index in [1.54, 1.807) is 6.26 Å². The Morgan fingerprint density at radius 2 is 1.89 bits per heavy atom. The number of rotatable bonds is 2. The van der Waals surface area contributed by atoms with E-state index in [0.717, 1.165) is 34.8 Å². The predicted molar refractivity (Wildman–Crippen MR) is 67.6 cm³/mol. The third kappa shape index (κ3) is 1.95. The van der Waals surface area contributed by atoms with Crippen LogP contribution in [0, 0.1) is 0 Å². The SMILES string of the molecule is NCc1occc1-c1ccc2c(c1)OCCCO2. The normalized spacial score (nSPS) is 14.3. The van der Waals surface area contributed by atoms with Crippen LogP contribution in [-0.2, 0) is 6.54 Å². The first-order chi connectivity index (χ1) is 8.88. The summed E-state index contributed by atoms with van der Waals surface area (Å²) < 4.78 is 16.6. The fourth-order valence-electron chi connectivity index (χ4n) is 2.09. The second-order valence-electron chi connectivity index (χ2n) is 4.17. The fraction of sp³-hybridized carbons (Fsp3) is 0.286. The highest BCUT2D eigenvalue weighted by Gasteiger charge is 2.13. The van der Waals surface area contributed by atoms with E-state index in [9.17, 15) is 0 Å². The molecule has 4 nitrogen and oxygen atoms in total. The highest BCUT2D eigenvalue weighted by Crippen LogP contribution is 2.35. The van der Waals surface area contributed by atoms with Crippen LogP contribution in [0.3, 0.4) is 0 Å². The quantitative estimate of drug-likeness (QED) is 0.883. The first kappa shape index (κ1) is 11.2. The van der Waals surface area contributed by atoms with Gasteiger partial charge in [0.1, 0.15) is 5.76 Å². The van der Waals surface area contributed by atoms with Crippen LogP contribution >= 0.6 is 0 Å². The van der Waals surface area contributed by atoms with Crippen molar-refractivity contribution in [3.8, 4) is 22.6 Å². The molecule has 0 saturated heterocycles. The molecule has 94 valence electrons. The summed E-state index contributed by atoms with van der Waals surface area (Å²) in [6.07, 6.45) is 2.56. The summed E-state index contributed by atoms with van der Waals surface area (Å²) in [7, 11) is 0. The molecular formula is C14H15NO3. The zero-order chi connectivity index (χ0) is 12.4. The van der Waals surface area contributed by atoms with E-state index in [4.69, 9.17) is 19.6 Å². The lowest BCUT2D eigenvalue weighted by atomic mass is 10.1. The third-order valence-corrected chi connectivity index (χ3v) is 2.99. The number of ether oxygens (including phenoxy) is 2. The summed E-state index contributed by atoms with van der Waals surface area (Å²) in [4.78, 5) is 0. The molecule has 2 heterocycles. The molecule has 0 aliphatic carbocycles. The summed E-state index contributed by atoms with van der Waals surface area (Å²) in [6, 6.07) is 7.83. The molecule has 18 heavy (non-hydrogen) atoms. The first-order valence-corrected chi connectivity index (χ1v) is 6.05. The predicted octanol–water partition coefficient (Wildman–Crippen LogP) is 2.57. The highest BCUT2D eigenvalue weighted by atomic mass is 16.5. The number of benzene rings is 1. The monoisotopic (exact) mass is 245 g/mol. The topological polar surface area (TPSA) is 57.6 Å². The zero-order valence-corrected chi connectivity index (χ0v) is 10.0. The number of nitrogens with two attached hydrogens (primary N) is 1. The number of fused-ring (bicyclic) bond motifs is 1. The Balaban J connectivity index is 2.01. The number of furan rings is 1.